The molecule has 1 aliphatic rings. The second kappa shape index (κ2) is 5.25. The first-order chi connectivity index (χ1) is 9.23. The Hall–Kier alpha value is -1.28. The highest BCUT2D eigenvalue weighted by Crippen LogP contribution is 2.35. The van der Waals surface area contributed by atoms with Gasteiger partial charge >= 0.3 is 5.51 Å². The van der Waals surface area contributed by atoms with Gasteiger partial charge in [-0.15, -0.1) is 0 Å². The number of para-hydroxylation sites is 1. The van der Waals surface area contributed by atoms with Crippen LogP contribution < -0.4 is 5.32 Å². The Kier molecular flexibility index (Phi) is 3.97. The van der Waals surface area contributed by atoms with Crippen molar-refractivity contribution in [1.29, 1.82) is 0 Å². The van der Waals surface area contributed by atoms with Crippen molar-refractivity contribution < 1.29 is 26.7 Å². The number of nitrogens with one attached hydrogen (secondary N) is 1. The van der Waals surface area contributed by atoms with Gasteiger partial charge < -0.3 is 10.4 Å². The van der Waals surface area contributed by atoms with E-state index in [1.807, 2.05) is 0 Å². The number of benzene rings is 1. The van der Waals surface area contributed by atoms with Crippen molar-refractivity contribution in [1.82, 2.24) is 0 Å². The zero-order valence-corrected chi connectivity index (χ0v) is 11.2. The SMILES string of the molecule is O=S(=O)(c1ccccc1NCC(O)C1CC1)C(F)(F)F. The van der Waals surface area contributed by atoms with Gasteiger partial charge in [0.1, 0.15) is 0 Å². The maximum atomic E-state index is 12.6. The lowest BCUT2D eigenvalue weighted by molar-refractivity contribution is -0.0435. The lowest BCUT2D eigenvalue weighted by Crippen LogP contribution is -2.26. The molecule has 1 aliphatic carbocycles. The summed E-state index contributed by atoms with van der Waals surface area (Å²) in [5.74, 6) is 0.147. The van der Waals surface area contributed by atoms with Crippen molar-refractivity contribution in [2.24, 2.45) is 5.92 Å². The molecule has 1 aromatic carbocycles. The van der Waals surface area contributed by atoms with Crippen molar-refractivity contribution in [2.45, 2.75) is 29.3 Å². The molecule has 0 spiro atoms. The van der Waals surface area contributed by atoms with Crippen molar-refractivity contribution in [3.05, 3.63) is 24.3 Å². The van der Waals surface area contributed by atoms with Gasteiger partial charge in [-0.1, -0.05) is 12.1 Å². The lowest BCUT2D eigenvalue weighted by atomic mass is 10.2. The van der Waals surface area contributed by atoms with Gasteiger partial charge in [-0.2, -0.15) is 13.2 Å². The minimum Gasteiger partial charge on any atom is -0.391 e. The molecule has 20 heavy (non-hydrogen) atoms. The Labute approximate surface area is 114 Å². The van der Waals surface area contributed by atoms with E-state index in [1.165, 1.54) is 18.2 Å². The van der Waals surface area contributed by atoms with Gasteiger partial charge in [-0.3, -0.25) is 0 Å². The summed E-state index contributed by atoms with van der Waals surface area (Å²) in [7, 11) is -5.40. The summed E-state index contributed by atoms with van der Waals surface area (Å²) < 4.78 is 60.6. The number of aliphatic hydroxyl groups is 1. The molecule has 2 N–H and O–H groups in total. The fraction of sp³-hybridized carbons (Fsp3) is 0.500. The highest BCUT2D eigenvalue weighted by molar-refractivity contribution is 7.92. The molecule has 1 saturated carbocycles. The van der Waals surface area contributed by atoms with Crippen molar-refractivity contribution in [2.75, 3.05) is 11.9 Å². The third-order valence-electron chi connectivity index (χ3n) is 3.15. The van der Waals surface area contributed by atoms with Gasteiger partial charge in [0, 0.05) is 6.54 Å². The number of alkyl halides is 3. The van der Waals surface area contributed by atoms with Gasteiger partial charge in [0.25, 0.3) is 9.84 Å². The summed E-state index contributed by atoms with van der Waals surface area (Å²) in [5.41, 5.74) is -5.50. The van der Waals surface area contributed by atoms with E-state index in [4.69, 9.17) is 0 Å². The number of rotatable bonds is 5. The second-order valence-electron chi connectivity index (χ2n) is 4.73. The van der Waals surface area contributed by atoms with Crippen molar-refractivity contribution >= 4 is 15.5 Å². The molecule has 0 saturated heterocycles. The highest BCUT2D eigenvalue weighted by Gasteiger charge is 2.47. The molecule has 0 radical (unpaired) electrons. The van der Waals surface area contributed by atoms with Crippen LogP contribution in [0.2, 0.25) is 0 Å². The maximum Gasteiger partial charge on any atom is 0.501 e. The molecule has 1 unspecified atom stereocenters. The summed E-state index contributed by atoms with van der Waals surface area (Å²) >= 11 is 0. The third kappa shape index (κ3) is 3.06. The molecule has 0 bridgehead atoms. The second-order valence-corrected chi connectivity index (χ2v) is 6.64. The molecule has 1 fully saturated rings. The van der Waals surface area contributed by atoms with Crippen molar-refractivity contribution in [3.8, 4) is 0 Å². The average Bonchev–Trinajstić information content (AvgIpc) is 3.19. The van der Waals surface area contributed by atoms with Crippen LogP contribution in [0.4, 0.5) is 18.9 Å². The number of sulfone groups is 1. The molecule has 2 rings (SSSR count). The summed E-state index contributed by atoms with van der Waals surface area (Å²) in [5, 5.41) is 12.3. The zero-order chi connectivity index (χ0) is 15.0. The first kappa shape index (κ1) is 15.1. The highest BCUT2D eigenvalue weighted by atomic mass is 32.2. The van der Waals surface area contributed by atoms with E-state index < -0.39 is 26.3 Å². The van der Waals surface area contributed by atoms with Crippen LogP contribution in [0, 0.1) is 5.92 Å². The lowest BCUT2D eigenvalue weighted by Gasteiger charge is -2.16. The van der Waals surface area contributed by atoms with Crippen LogP contribution in [0.5, 0.6) is 0 Å². The Bertz CT molecular complexity index is 582. The fourth-order valence-corrected chi connectivity index (χ4v) is 2.77. The molecule has 0 aromatic heterocycles. The topological polar surface area (TPSA) is 66.4 Å². The van der Waals surface area contributed by atoms with Crippen LogP contribution in [0.3, 0.4) is 0 Å². The Morgan fingerprint density at radius 3 is 2.45 bits per heavy atom. The predicted octanol–water partition coefficient (Wildman–Crippen LogP) is 2.16. The molecular formula is C12H14F3NO3S. The van der Waals surface area contributed by atoms with Crippen LogP contribution in [-0.4, -0.2) is 31.7 Å². The van der Waals surface area contributed by atoms with E-state index in [2.05, 4.69) is 5.32 Å². The predicted molar refractivity (Wildman–Crippen MR) is 66.9 cm³/mol. The van der Waals surface area contributed by atoms with Gasteiger partial charge in [0.2, 0.25) is 0 Å². The van der Waals surface area contributed by atoms with E-state index in [9.17, 15) is 26.7 Å². The fourth-order valence-electron chi connectivity index (χ4n) is 1.83. The molecule has 8 heteroatoms. The quantitative estimate of drug-likeness (QED) is 0.875. The van der Waals surface area contributed by atoms with E-state index in [0.29, 0.717) is 0 Å². The van der Waals surface area contributed by atoms with Crippen LogP contribution in [0.25, 0.3) is 0 Å². The maximum absolute atomic E-state index is 12.6. The number of aliphatic hydroxyl groups excluding tert-OH is 1. The Morgan fingerprint density at radius 2 is 1.90 bits per heavy atom. The third-order valence-corrected chi connectivity index (χ3v) is 4.69. The molecule has 0 heterocycles. The van der Waals surface area contributed by atoms with Crippen LogP contribution in [0.15, 0.2) is 29.2 Å². The first-order valence-electron chi connectivity index (χ1n) is 6.06. The molecular weight excluding hydrogens is 295 g/mol. The first-order valence-corrected chi connectivity index (χ1v) is 7.54. The summed E-state index contributed by atoms with van der Waals surface area (Å²) in [6.07, 6.45) is 1.08. The normalized spacial score (nSPS) is 17.8. The Morgan fingerprint density at radius 1 is 1.30 bits per heavy atom. The van der Waals surface area contributed by atoms with E-state index in [-0.39, 0.29) is 18.2 Å². The van der Waals surface area contributed by atoms with Gasteiger partial charge in [0.15, 0.2) is 0 Å². The summed E-state index contributed by atoms with van der Waals surface area (Å²) in [6.45, 7) is 0.0229. The zero-order valence-electron chi connectivity index (χ0n) is 10.4. The summed E-state index contributed by atoms with van der Waals surface area (Å²) in [6, 6.07) is 4.80. The summed E-state index contributed by atoms with van der Waals surface area (Å²) in [4.78, 5) is -0.824. The number of halogens is 3. The standard InChI is InChI=1S/C12H14F3NO3S/c13-12(14,15)20(18,19)11-4-2-1-3-9(11)16-7-10(17)8-5-6-8/h1-4,8,10,16-17H,5-7H2. The molecule has 4 nitrogen and oxygen atoms in total. The number of hydrogen-bond acceptors (Lipinski definition) is 4. The average molecular weight is 309 g/mol. The molecule has 112 valence electrons. The minimum absolute atomic E-state index is 0.0229. The van der Waals surface area contributed by atoms with Crippen molar-refractivity contribution in [3.63, 3.8) is 0 Å². The Balaban J connectivity index is 2.22. The van der Waals surface area contributed by atoms with Gasteiger partial charge in [-0.25, -0.2) is 8.42 Å². The van der Waals surface area contributed by atoms with Crippen LogP contribution in [0.1, 0.15) is 12.8 Å². The minimum atomic E-state index is -5.40. The van der Waals surface area contributed by atoms with E-state index in [1.54, 1.807) is 0 Å². The van der Waals surface area contributed by atoms with Gasteiger partial charge in [-0.05, 0) is 30.9 Å². The monoisotopic (exact) mass is 309 g/mol. The number of hydrogen-bond donors (Lipinski definition) is 2. The van der Waals surface area contributed by atoms with Crippen LogP contribution in [-0.2, 0) is 9.84 Å². The molecule has 1 aromatic rings. The number of anilines is 1. The van der Waals surface area contributed by atoms with Crippen LogP contribution >= 0.6 is 0 Å². The molecule has 0 aliphatic heterocycles. The van der Waals surface area contributed by atoms with E-state index >= 15 is 0 Å². The van der Waals surface area contributed by atoms with E-state index in [0.717, 1.165) is 18.9 Å². The van der Waals surface area contributed by atoms with Gasteiger partial charge in [0.05, 0.1) is 16.7 Å². The molecule has 1 atom stereocenters. The largest absolute Gasteiger partial charge is 0.501 e. The molecule has 0 amide bonds. The smallest absolute Gasteiger partial charge is 0.391 e.